The van der Waals surface area contributed by atoms with Gasteiger partial charge in [0, 0.05) is 24.6 Å². The highest BCUT2D eigenvalue weighted by atomic mass is 32.2. The first-order valence-corrected chi connectivity index (χ1v) is 10.4. The van der Waals surface area contributed by atoms with Gasteiger partial charge >= 0.3 is 5.97 Å². The van der Waals surface area contributed by atoms with Gasteiger partial charge in [0.05, 0.1) is 18.4 Å². The summed E-state index contributed by atoms with van der Waals surface area (Å²) in [5.74, 6) is -1.13. The maximum atomic E-state index is 12.4. The molecule has 2 heterocycles. The van der Waals surface area contributed by atoms with Gasteiger partial charge in [-0.05, 0) is 42.8 Å². The highest BCUT2D eigenvalue weighted by Crippen LogP contribution is 2.18. The molecule has 1 aromatic carbocycles. The Morgan fingerprint density at radius 3 is 2.69 bits per heavy atom. The number of nitrogens with zero attached hydrogens (tertiary/aromatic N) is 2. The summed E-state index contributed by atoms with van der Waals surface area (Å²) in [7, 11) is -2.30. The zero-order valence-electron chi connectivity index (χ0n) is 15.9. The van der Waals surface area contributed by atoms with Crippen LogP contribution >= 0.6 is 0 Å². The molecule has 3 rings (SSSR count). The Morgan fingerprint density at radius 2 is 2.00 bits per heavy atom. The van der Waals surface area contributed by atoms with E-state index in [-0.39, 0.29) is 29.2 Å². The van der Waals surface area contributed by atoms with Gasteiger partial charge in [0.1, 0.15) is 11.3 Å². The fourth-order valence-electron chi connectivity index (χ4n) is 2.66. The van der Waals surface area contributed by atoms with Crippen LogP contribution < -0.4 is 10.0 Å². The maximum absolute atomic E-state index is 12.4. The smallest absolute Gasteiger partial charge is 0.337 e. The lowest BCUT2D eigenvalue weighted by atomic mass is 10.1. The number of fused-ring (bicyclic) bond motifs is 1. The Bertz CT molecular complexity index is 1140. The minimum Gasteiger partial charge on any atom is -0.465 e. The topological polar surface area (TPSA) is 119 Å². The number of sulfonamides is 1. The van der Waals surface area contributed by atoms with Gasteiger partial charge in [-0.15, -0.1) is 0 Å². The first-order valence-electron chi connectivity index (χ1n) is 8.76. The van der Waals surface area contributed by atoms with Crippen LogP contribution in [0, 0.1) is 0 Å². The molecule has 0 unspecified atom stereocenters. The molecule has 0 aliphatic carbocycles. The summed E-state index contributed by atoms with van der Waals surface area (Å²) in [6, 6.07) is 9.88. The van der Waals surface area contributed by atoms with E-state index in [2.05, 4.69) is 15.0 Å². The molecule has 0 fully saturated rings. The van der Waals surface area contributed by atoms with Crippen molar-refractivity contribution >= 4 is 33.2 Å². The van der Waals surface area contributed by atoms with E-state index in [1.165, 1.54) is 26.2 Å². The summed E-state index contributed by atoms with van der Waals surface area (Å²) in [6.07, 6.45) is 3.39. The number of benzene rings is 1. The van der Waals surface area contributed by atoms with Gasteiger partial charge in [-0.1, -0.05) is 6.07 Å². The highest BCUT2D eigenvalue weighted by Gasteiger charge is 2.14. The molecule has 3 aromatic rings. The zero-order chi connectivity index (χ0) is 21.0. The third kappa shape index (κ3) is 4.91. The summed E-state index contributed by atoms with van der Waals surface area (Å²) in [5.41, 5.74) is 1.79. The van der Waals surface area contributed by atoms with Crippen LogP contribution in [0.2, 0.25) is 0 Å². The fraction of sp³-hybridized carbons (Fsp3) is 0.211. The monoisotopic (exact) mass is 416 g/mol. The van der Waals surface area contributed by atoms with Crippen LogP contribution in [-0.2, 0) is 21.3 Å². The molecular weight excluding hydrogens is 396 g/mol. The average molecular weight is 416 g/mol. The van der Waals surface area contributed by atoms with E-state index in [1.807, 2.05) is 12.1 Å². The second-order valence-corrected chi connectivity index (χ2v) is 8.20. The molecule has 0 radical (unpaired) electrons. The van der Waals surface area contributed by atoms with E-state index in [0.29, 0.717) is 11.2 Å². The molecule has 1 amide bonds. The molecule has 2 N–H and O–H groups in total. The standard InChI is InChI=1S/C19H20N4O5S/c1-3-29(26,27)22-15-9-13(8-14(10-15)19(25)28-2)11-20-18(24)16-12-23-7-5-4-6-17(23)21-16/h4-10,12,22H,3,11H2,1-2H3,(H,20,24). The van der Waals surface area contributed by atoms with E-state index in [1.54, 1.807) is 28.9 Å². The lowest BCUT2D eigenvalue weighted by molar-refractivity contribution is 0.0600. The van der Waals surface area contributed by atoms with E-state index in [0.717, 1.165) is 0 Å². The number of carbonyl (C=O) groups excluding carboxylic acids is 2. The van der Waals surface area contributed by atoms with Gasteiger partial charge in [0.15, 0.2) is 0 Å². The Balaban J connectivity index is 1.81. The minimum atomic E-state index is -3.53. The second kappa shape index (κ2) is 8.31. The van der Waals surface area contributed by atoms with Crippen LogP contribution in [0.15, 0.2) is 48.8 Å². The van der Waals surface area contributed by atoms with Crippen molar-refractivity contribution in [2.75, 3.05) is 17.6 Å². The SMILES string of the molecule is CCS(=O)(=O)Nc1cc(CNC(=O)c2cn3ccccc3n2)cc(C(=O)OC)c1. The van der Waals surface area contributed by atoms with Crippen molar-refractivity contribution in [3.8, 4) is 0 Å². The molecule has 152 valence electrons. The van der Waals surface area contributed by atoms with E-state index < -0.39 is 21.9 Å². The van der Waals surface area contributed by atoms with E-state index >= 15 is 0 Å². The van der Waals surface area contributed by atoms with E-state index in [4.69, 9.17) is 4.74 Å². The second-order valence-electron chi connectivity index (χ2n) is 6.19. The molecule has 0 aliphatic heterocycles. The molecule has 29 heavy (non-hydrogen) atoms. The van der Waals surface area contributed by atoms with Crippen molar-refractivity contribution in [2.24, 2.45) is 0 Å². The van der Waals surface area contributed by atoms with Crippen LogP contribution in [0.4, 0.5) is 5.69 Å². The van der Waals surface area contributed by atoms with E-state index in [9.17, 15) is 18.0 Å². The van der Waals surface area contributed by atoms with Crippen molar-refractivity contribution < 1.29 is 22.7 Å². The van der Waals surface area contributed by atoms with Gasteiger partial charge in [0.25, 0.3) is 5.91 Å². The first kappa shape index (κ1) is 20.3. The summed E-state index contributed by atoms with van der Waals surface area (Å²) < 4.78 is 32.6. The van der Waals surface area contributed by atoms with Crippen molar-refractivity contribution in [3.63, 3.8) is 0 Å². The van der Waals surface area contributed by atoms with Crippen molar-refractivity contribution in [3.05, 3.63) is 65.6 Å². The highest BCUT2D eigenvalue weighted by molar-refractivity contribution is 7.92. The molecule has 0 spiro atoms. The predicted octanol–water partition coefficient (Wildman–Crippen LogP) is 1.81. The number of hydrogen-bond acceptors (Lipinski definition) is 6. The third-order valence-electron chi connectivity index (χ3n) is 4.12. The van der Waals surface area contributed by atoms with Crippen molar-refractivity contribution in [2.45, 2.75) is 13.5 Å². The van der Waals surface area contributed by atoms with Crippen molar-refractivity contribution in [1.82, 2.24) is 14.7 Å². The Morgan fingerprint density at radius 1 is 1.21 bits per heavy atom. The number of rotatable bonds is 7. The van der Waals surface area contributed by atoms with Gasteiger partial charge < -0.3 is 14.5 Å². The quantitative estimate of drug-likeness (QED) is 0.567. The van der Waals surface area contributed by atoms with Crippen LogP contribution in [-0.4, -0.2) is 42.5 Å². The summed E-state index contributed by atoms with van der Waals surface area (Å²) in [5, 5.41) is 2.72. The molecule has 0 saturated carbocycles. The molecule has 0 atom stereocenters. The first-order chi connectivity index (χ1) is 13.8. The van der Waals surface area contributed by atoms with Gasteiger partial charge in [-0.25, -0.2) is 18.2 Å². The van der Waals surface area contributed by atoms with Crippen LogP contribution in [0.25, 0.3) is 5.65 Å². The lowest BCUT2D eigenvalue weighted by Crippen LogP contribution is -2.23. The Hall–Kier alpha value is -3.40. The number of nitrogens with one attached hydrogen (secondary N) is 2. The number of aromatic nitrogens is 2. The lowest BCUT2D eigenvalue weighted by Gasteiger charge is -2.11. The molecule has 2 aromatic heterocycles. The molecule has 0 bridgehead atoms. The predicted molar refractivity (Wildman–Crippen MR) is 107 cm³/mol. The summed E-state index contributed by atoms with van der Waals surface area (Å²) >= 11 is 0. The number of esters is 1. The molecular formula is C19H20N4O5S. The number of ether oxygens (including phenoxy) is 1. The molecule has 10 heteroatoms. The Kier molecular flexibility index (Phi) is 5.83. The number of anilines is 1. The fourth-order valence-corrected chi connectivity index (χ4v) is 3.28. The van der Waals surface area contributed by atoms with Crippen LogP contribution in [0.1, 0.15) is 33.3 Å². The number of amides is 1. The minimum absolute atomic E-state index is 0.0678. The number of pyridine rings is 1. The maximum Gasteiger partial charge on any atom is 0.337 e. The van der Waals surface area contributed by atoms with Gasteiger partial charge in [0.2, 0.25) is 10.0 Å². The summed E-state index contributed by atoms with van der Waals surface area (Å²) in [4.78, 5) is 28.6. The van der Waals surface area contributed by atoms with Crippen molar-refractivity contribution in [1.29, 1.82) is 0 Å². The van der Waals surface area contributed by atoms with Gasteiger partial charge in [-0.3, -0.25) is 9.52 Å². The summed E-state index contributed by atoms with van der Waals surface area (Å²) in [6.45, 7) is 1.57. The molecule has 9 nitrogen and oxygen atoms in total. The normalized spacial score (nSPS) is 11.2. The zero-order valence-corrected chi connectivity index (χ0v) is 16.7. The number of hydrogen-bond donors (Lipinski definition) is 2. The van der Waals surface area contributed by atoms with Crippen LogP contribution in [0.3, 0.4) is 0 Å². The average Bonchev–Trinajstić information content (AvgIpc) is 3.15. The van der Waals surface area contributed by atoms with Crippen LogP contribution in [0.5, 0.6) is 0 Å². The number of carbonyl (C=O) groups is 2. The third-order valence-corrected chi connectivity index (χ3v) is 5.42. The largest absolute Gasteiger partial charge is 0.465 e. The number of methoxy groups -OCH3 is 1. The number of imidazole rings is 1. The van der Waals surface area contributed by atoms with Gasteiger partial charge in [-0.2, -0.15) is 0 Å². The Labute approximate surface area is 167 Å². The molecule has 0 saturated heterocycles. The molecule has 0 aliphatic rings.